The summed E-state index contributed by atoms with van der Waals surface area (Å²) in [4.78, 5) is 22.8. The van der Waals surface area contributed by atoms with Crippen molar-refractivity contribution >= 4 is 11.8 Å². The summed E-state index contributed by atoms with van der Waals surface area (Å²) in [6.45, 7) is 3.70. The lowest BCUT2D eigenvalue weighted by Gasteiger charge is -2.28. The van der Waals surface area contributed by atoms with E-state index >= 15 is 0 Å². The monoisotopic (exact) mass is 215 g/mol. The molecule has 0 aromatic heterocycles. The second kappa shape index (κ2) is 3.79. The van der Waals surface area contributed by atoms with Crippen LogP contribution in [0.3, 0.4) is 0 Å². The van der Waals surface area contributed by atoms with E-state index in [9.17, 15) is 9.59 Å². The Morgan fingerprint density at radius 1 is 1.47 bits per heavy atom. The van der Waals surface area contributed by atoms with E-state index in [1.807, 2.05) is 0 Å². The molecule has 1 atom stereocenters. The summed E-state index contributed by atoms with van der Waals surface area (Å²) in [5.74, 6) is -0.998. The van der Waals surface area contributed by atoms with Crippen LogP contribution in [0.2, 0.25) is 0 Å². The average Bonchev–Trinajstić information content (AvgIpc) is 2.52. The van der Waals surface area contributed by atoms with Gasteiger partial charge in [-0.15, -0.1) is 0 Å². The average molecular weight is 215 g/mol. The molecular weight excluding hydrogens is 198 g/mol. The second-order valence-electron chi connectivity index (χ2n) is 4.40. The highest BCUT2D eigenvalue weighted by molar-refractivity contribution is 5.93. The van der Waals surface area contributed by atoms with E-state index in [0.717, 1.165) is 0 Å². The van der Waals surface area contributed by atoms with Gasteiger partial charge in [-0.05, 0) is 20.3 Å². The molecule has 1 aliphatic rings. The van der Waals surface area contributed by atoms with Gasteiger partial charge in [0.25, 0.3) is 0 Å². The molecule has 0 spiro atoms. The molecule has 0 aromatic rings. The Morgan fingerprint density at radius 2 is 2.07 bits per heavy atom. The molecule has 6 nitrogen and oxygen atoms in total. The summed E-state index contributed by atoms with van der Waals surface area (Å²) in [6.07, 6.45) is 0.452. The van der Waals surface area contributed by atoms with Gasteiger partial charge in [-0.3, -0.25) is 9.59 Å². The number of hydrogen-bond acceptors (Lipinski definition) is 4. The number of amides is 2. The Morgan fingerprint density at radius 3 is 2.47 bits per heavy atom. The molecule has 2 amide bonds. The fourth-order valence-electron chi connectivity index (χ4n) is 1.23. The molecule has 0 aromatic carbocycles. The van der Waals surface area contributed by atoms with Crippen LogP contribution in [0.5, 0.6) is 0 Å². The molecule has 0 radical (unpaired) electrons. The molecule has 1 fully saturated rings. The van der Waals surface area contributed by atoms with Crippen LogP contribution < -0.4 is 16.8 Å². The minimum absolute atomic E-state index is 0.174. The highest BCUT2D eigenvalue weighted by atomic mass is 16.5. The summed E-state index contributed by atoms with van der Waals surface area (Å²) >= 11 is 0. The van der Waals surface area contributed by atoms with Gasteiger partial charge in [-0.1, -0.05) is 0 Å². The van der Waals surface area contributed by atoms with Gasteiger partial charge in [0.2, 0.25) is 11.8 Å². The second-order valence-corrected chi connectivity index (χ2v) is 4.40. The first-order valence-corrected chi connectivity index (χ1v) is 4.77. The lowest BCUT2D eigenvalue weighted by atomic mass is 9.96. The maximum Gasteiger partial charge on any atom is 0.243 e. The van der Waals surface area contributed by atoms with Crippen molar-refractivity contribution in [3.05, 3.63) is 0 Å². The first kappa shape index (κ1) is 11.9. The minimum Gasteiger partial charge on any atom is -0.379 e. The SMILES string of the molecule is CC(C)(NC(=O)C1(N)CCOC1)C(N)=O. The molecule has 5 N–H and O–H groups in total. The normalized spacial score (nSPS) is 26.3. The van der Waals surface area contributed by atoms with Crippen LogP contribution in [-0.4, -0.2) is 36.1 Å². The van der Waals surface area contributed by atoms with Crippen molar-refractivity contribution < 1.29 is 14.3 Å². The van der Waals surface area contributed by atoms with Gasteiger partial charge < -0.3 is 21.5 Å². The molecule has 0 bridgehead atoms. The van der Waals surface area contributed by atoms with E-state index in [4.69, 9.17) is 16.2 Å². The van der Waals surface area contributed by atoms with Crippen molar-refractivity contribution in [1.82, 2.24) is 5.32 Å². The first-order chi connectivity index (χ1) is 6.78. The molecule has 6 heteroatoms. The predicted octanol–water partition coefficient (Wildman–Crippen LogP) is -1.52. The molecule has 1 unspecified atom stereocenters. The van der Waals surface area contributed by atoms with Crippen LogP contribution in [0.1, 0.15) is 20.3 Å². The third kappa shape index (κ3) is 2.45. The Labute approximate surface area is 88.3 Å². The summed E-state index contributed by atoms with van der Waals surface area (Å²) < 4.78 is 5.05. The van der Waals surface area contributed by atoms with Crippen molar-refractivity contribution in [2.24, 2.45) is 11.5 Å². The third-order valence-electron chi connectivity index (χ3n) is 2.55. The zero-order chi connectivity index (χ0) is 11.7. The van der Waals surface area contributed by atoms with Gasteiger partial charge in [0.1, 0.15) is 11.1 Å². The highest BCUT2D eigenvalue weighted by Crippen LogP contribution is 2.16. The lowest BCUT2D eigenvalue weighted by molar-refractivity contribution is -0.133. The smallest absolute Gasteiger partial charge is 0.243 e. The zero-order valence-electron chi connectivity index (χ0n) is 9.00. The van der Waals surface area contributed by atoms with E-state index in [2.05, 4.69) is 5.32 Å². The molecular formula is C9H17N3O3. The molecule has 0 aliphatic carbocycles. The number of hydrogen-bond donors (Lipinski definition) is 3. The van der Waals surface area contributed by atoms with Gasteiger partial charge in [0.15, 0.2) is 0 Å². The van der Waals surface area contributed by atoms with Gasteiger partial charge in [-0.25, -0.2) is 0 Å². The van der Waals surface area contributed by atoms with Crippen LogP contribution in [0, 0.1) is 0 Å². The van der Waals surface area contributed by atoms with Crippen LogP contribution in [0.25, 0.3) is 0 Å². The summed E-state index contributed by atoms with van der Waals surface area (Å²) in [7, 11) is 0. The van der Waals surface area contributed by atoms with Crippen molar-refractivity contribution in [3.63, 3.8) is 0 Å². The van der Waals surface area contributed by atoms with Gasteiger partial charge in [0, 0.05) is 6.61 Å². The molecule has 1 aliphatic heterocycles. The fraction of sp³-hybridized carbons (Fsp3) is 0.778. The van der Waals surface area contributed by atoms with E-state index in [-0.39, 0.29) is 6.61 Å². The van der Waals surface area contributed by atoms with Gasteiger partial charge in [-0.2, -0.15) is 0 Å². The van der Waals surface area contributed by atoms with Gasteiger partial charge >= 0.3 is 0 Å². The highest BCUT2D eigenvalue weighted by Gasteiger charge is 2.41. The summed E-state index contributed by atoms with van der Waals surface area (Å²) in [6, 6.07) is 0. The van der Waals surface area contributed by atoms with E-state index < -0.39 is 22.9 Å². The van der Waals surface area contributed by atoms with E-state index in [1.165, 1.54) is 13.8 Å². The maximum absolute atomic E-state index is 11.8. The standard InChI is InChI=1S/C9H17N3O3/c1-8(2,6(10)13)12-7(14)9(11)3-4-15-5-9/h3-5,11H2,1-2H3,(H2,10,13)(H,12,14). The number of nitrogens with two attached hydrogens (primary N) is 2. The lowest BCUT2D eigenvalue weighted by Crippen LogP contribution is -2.62. The number of primary amides is 1. The Balaban J connectivity index is 2.66. The predicted molar refractivity (Wildman–Crippen MR) is 53.8 cm³/mol. The van der Waals surface area contributed by atoms with Crippen molar-refractivity contribution in [3.8, 4) is 0 Å². The Kier molecular flexibility index (Phi) is 3.01. The van der Waals surface area contributed by atoms with Crippen LogP contribution in [-0.2, 0) is 14.3 Å². The van der Waals surface area contributed by atoms with Crippen molar-refractivity contribution in [2.45, 2.75) is 31.3 Å². The number of carbonyl (C=O) groups is 2. The number of ether oxygens (including phenoxy) is 1. The number of carbonyl (C=O) groups excluding carboxylic acids is 2. The van der Waals surface area contributed by atoms with Crippen LogP contribution in [0.4, 0.5) is 0 Å². The quantitative estimate of drug-likeness (QED) is 0.531. The maximum atomic E-state index is 11.8. The topological polar surface area (TPSA) is 107 Å². The fourth-order valence-corrected chi connectivity index (χ4v) is 1.23. The molecule has 1 saturated heterocycles. The largest absolute Gasteiger partial charge is 0.379 e. The Bertz CT molecular complexity index is 282. The summed E-state index contributed by atoms with van der Waals surface area (Å²) in [5, 5.41) is 2.52. The van der Waals surface area contributed by atoms with E-state index in [0.29, 0.717) is 13.0 Å². The third-order valence-corrected chi connectivity index (χ3v) is 2.55. The summed E-state index contributed by atoms with van der Waals surface area (Å²) in [5.41, 5.74) is 8.83. The molecule has 1 rings (SSSR count). The van der Waals surface area contributed by atoms with Gasteiger partial charge in [0.05, 0.1) is 6.61 Å². The molecule has 0 saturated carbocycles. The first-order valence-electron chi connectivity index (χ1n) is 4.77. The number of rotatable bonds is 3. The van der Waals surface area contributed by atoms with Crippen LogP contribution in [0.15, 0.2) is 0 Å². The van der Waals surface area contributed by atoms with Crippen LogP contribution >= 0.6 is 0 Å². The number of nitrogens with one attached hydrogen (secondary N) is 1. The van der Waals surface area contributed by atoms with E-state index in [1.54, 1.807) is 0 Å². The molecule has 86 valence electrons. The molecule has 15 heavy (non-hydrogen) atoms. The zero-order valence-corrected chi connectivity index (χ0v) is 9.00. The Hall–Kier alpha value is -1.14. The van der Waals surface area contributed by atoms with Crippen molar-refractivity contribution in [2.75, 3.05) is 13.2 Å². The minimum atomic E-state index is -1.09. The molecule has 1 heterocycles. The van der Waals surface area contributed by atoms with Crippen molar-refractivity contribution in [1.29, 1.82) is 0 Å².